The van der Waals surface area contributed by atoms with Crippen LogP contribution in [0.25, 0.3) is 0 Å². The molecule has 152 valence electrons. The Hall–Kier alpha value is -1.84. The summed E-state index contributed by atoms with van der Waals surface area (Å²) >= 11 is 0. The number of benzene rings is 1. The zero-order chi connectivity index (χ0) is 19.3. The second-order valence-electron chi connectivity index (χ2n) is 6.57. The molecule has 8 nitrogen and oxygen atoms in total. The Bertz CT molecular complexity index is 785. The molecule has 1 saturated heterocycles. The standard InChI is InChI=1S/C17H26N4O4S.ClH/c1-12-5-6-13(10-15(12)20-26(2,24)25)17(23)21-9-3-4-14(11-21)16(22)19-8-7-18;/h5-6,10,14,20H,3-4,7-9,11,18H2,1-2H3,(H,19,22);1H. The van der Waals surface area contributed by atoms with E-state index in [1.54, 1.807) is 24.0 Å². The van der Waals surface area contributed by atoms with Crippen molar-refractivity contribution in [3.05, 3.63) is 29.3 Å². The molecule has 4 N–H and O–H groups in total. The second kappa shape index (κ2) is 9.91. The van der Waals surface area contributed by atoms with Gasteiger partial charge in [-0.3, -0.25) is 14.3 Å². The molecule has 2 amide bonds. The maximum absolute atomic E-state index is 12.8. The number of rotatable bonds is 6. The topological polar surface area (TPSA) is 122 Å². The second-order valence-corrected chi connectivity index (χ2v) is 8.32. The third-order valence-electron chi connectivity index (χ3n) is 4.30. The van der Waals surface area contributed by atoms with Gasteiger partial charge in [0.1, 0.15) is 0 Å². The van der Waals surface area contributed by atoms with Crippen molar-refractivity contribution >= 4 is 39.9 Å². The Kier molecular flexibility index (Phi) is 8.52. The van der Waals surface area contributed by atoms with E-state index < -0.39 is 10.0 Å². The van der Waals surface area contributed by atoms with Crippen LogP contribution < -0.4 is 15.8 Å². The highest BCUT2D eigenvalue weighted by molar-refractivity contribution is 7.92. The van der Waals surface area contributed by atoms with Crippen LogP contribution in [0.2, 0.25) is 0 Å². The van der Waals surface area contributed by atoms with Crippen molar-refractivity contribution in [1.82, 2.24) is 10.2 Å². The lowest BCUT2D eigenvalue weighted by Gasteiger charge is -2.32. The molecular weight excluding hydrogens is 392 g/mol. The lowest BCUT2D eigenvalue weighted by atomic mass is 9.96. The molecule has 0 spiro atoms. The first-order chi connectivity index (χ1) is 12.2. The van der Waals surface area contributed by atoms with Gasteiger partial charge in [-0.15, -0.1) is 12.4 Å². The Morgan fingerprint density at radius 1 is 1.33 bits per heavy atom. The minimum absolute atomic E-state index is 0. The molecule has 1 aromatic carbocycles. The minimum atomic E-state index is -3.43. The fraction of sp³-hybridized carbons (Fsp3) is 0.529. The molecule has 1 aromatic rings. The maximum Gasteiger partial charge on any atom is 0.253 e. The normalized spacial score (nSPS) is 17.0. The quantitative estimate of drug-likeness (QED) is 0.628. The van der Waals surface area contributed by atoms with E-state index >= 15 is 0 Å². The summed E-state index contributed by atoms with van der Waals surface area (Å²) in [6.07, 6.45) is 2.54. The minimum Gasteiger partial charge on any atom is -0.355 e. The number of nitrogens with two attached hydrogens (primary N) is 1. The van der Waals surface area contributed by atoms with Crippen molar-refractivity contribution in [2.45, 2.75) is 19.8 Å². The summed E-state index contributed by atoms with van der Waals surface area (Å²) in [6.45, 7) is 3.48. The van der Waals surface area contributed by atoms with E-state index in [4.69, 9.17) is 5.73 Å². The highest BCUT2D eigenvalue weighted by atomic mass is 35.5. The van der Waals surface area contributed by atoms with Crippen molar-refractivity contribution in [3.63, 3.8) is 0 Å². The average molecular weight is 419 g/mol. The molecule has 1 atom stereocenters. The fourth-order valence-corrected chi connectivity index (χ4v) is 3.58. The number of carbonyl (C=O) groups is 2. The van der Waals surface area contributed by atoms with Crippen LogP contribution in [0.15, 0.2) is 18.2 Å². The van der Waals surface area contributed by atoms with Gasteiger partial charge in [0.15, 0.2) is 0 Å². The first kappa shape index (κ1) is 23.2. The van der Waals surface area contributed by atoms with Crippen molar-refractivity contribution in [1.29, 1.82) is 0 Å². The van der Waals surface area contributed by atoms with Gasteiger partial charge in [0.25, 0.3) is 5.91 Å². The number of anilines is 1. The van der Waals surface area contributed by atoms with Gasteiger partial charge in [0.05, 0.1) is 17.9 Å². The Labute approximate surface area is 166 Å². The molecule has 0 aromatic heterocycles. The Balaban J connectivity index is 0.00000364. The molecule has 1 aliphatic heterocycles. The first-order valence-corrected chi connectivity index (χ1v) is 10.5. The van der Waals surface area contributed by atoms with Gasteiger partial charge < -0.3 is 16.0 Å². The lowest BCUT2D eigenvalue weighted by Crippen LogP contribution is -2.46. The fourth-order valence-electron chi connectivity index (χ4n) is 2.96. The third kappa shape index (κ3) is 6.67. The zero-order valence-corrected chi connectivity index (χ0v) is 17.2. The molecule has 10 heteroatoms. The van der Waals surface area contributed by atoms with Crippen molar-refractivity contribution < 1.29 is 18.0 Å². The number of hydrogen-bond donors (Lipinski definition) is 3. The highest BCUT2D eigenvalue weighted by Crippen LogP contribution is 2.22. The van der Waals surface area contributed by atoms with Crippen LogP contribution in [0.3, 0.4) is 0 Å². The largest absolute Gasteiger partial charge is 0.355 e. The first-order valence-electron chi connectivity index (χ1n) is 8.57. The van der Waals surface area contributed by atoms with Gasteiger partial charge in [0.2, 0.25) is 15.9 Å². The average Bonchev–Trinajstić information content (AvgIpc) is 2.60. The summed E-state index contributed by atoms with van der Waals surface area (Å²) in [6, 6.07) is 4.91. The molecule has 0 saturated carbocycles. The van der Waals surface area contributed by atoms with E-state index in [9.17, 15) is 18.0 Å². The molecule has 0 radical (unpaired) electrons. The van der Waals surface area contributed by atoms with Crippen LogP contribution in [0.1, 0.15) is 28.8 Å². The Morgan fingerprint density at radius 3 is 2.67 bits per heavy atom. The molecule has 27 heavy (non-hydrogen) atoms. The molecule has 1 aliphatic rings. The lowest BCUT2D eigenvalue weighted by molar-refractivity contribution is -0.126. The summed E-state index contributed by atoms with van der Waals surface area (Å²) in [7, 11) is -3.43. The number of aryl methyl sites for hydroxylation is 1. The van der Waals surface area contributed by atoms with Crippen LogP contribution in [0.5, 0.6) is 0 Å². The zero-order valence-electron chi connectivity index (χ0n) is 15.5. The van der Waals surface area contributed by atoms with Gasteiger partial charge in [0, 0.05) is 31.7 Å². The van der Waals surface area contributed by atoms with E-state index in [2.05, 4.69) is 10.0 Å². The van der Waals surface area contributed by atoms with Crippen LogP contribution in [0, 0.1) is 12.8 Å². The molecule has 1 fully saturated rings. The van der Waals surface area contributed by atoms with Crippen LogP contribution in [-0.4, -0.2) is 57.6 Å². The summed E-state index contributed by atoms with van der Waals surface area (Å²) in [5.41, 5.74) is 6.90. The number of nitrogens with one attached hydrogen (secondary N) is 2. The van der Waals surface area contributed by atoms with Crippen LogP contribution in [-0.2, 0) is 14.8 Å². The number of nitrogens with zero attached hydrogens (tertiary/aromatic N) is 1. The van der Waals surface area contributed by atoms with Crippen molar-refractivity contribution in [2.75, 3.05) is 37.2 Å². The summed E-state index contributed by atoms with van der Waals surface area (Å²) < 4.78 is 25.4. The highest BCUT2D eigenvalue weighted by Gasteiger charge is 2.29. The van der Waals surface area contributed by atoms with Gasteiger partial charge >= 0.3 is 0 Å². The molecular formula is C17H27ClN4O4S. The number of likely N-dealkylation sites (tertiary alicyclic amines) is 1. The SMILES string of the molecule is Cc1ccc(C(=O)N2CCCC(C(=O)NCCN)C2)cc1NS(C)(=O)=O.Cl. The van der Waals surface area contributed by atoms with Crippen molar-refractivity contribution in [3.8, 4) is 0 Å². The predicted molar refractivity (Wildman–Crippen MR) is 108 cm³/mol. The van der Waals surface area contributed by atoms with Crippen molar-refractivity contribution in [2.24, 2.45) is 11.7 Å². The van der Waals surface area contributed by atoms with Gasteiger partial charge in [-0.25, -0.2) is 8.42 Å². The number of carbonyl (C=O) groups excluding carboxylic acids is 2. The Morgan fingerprint density at radius 2 is 2.04 bits per heavy atom. The van der Waals surface area contributed by atoms with E-state index in [0.29, 0.717) is 37.4 Å². The number of piperidine rings is 1. The molecule has 0 aliphatic carbocycles. The predicted octanol–water partition coefficient (Wildman–Crippen LogP) is 0.715. The molecule has 0 bridgehead atoms. The summed E-state index contributed by atoms with van der Waals surface area (Å²) in [5.74, 6) is -0.549. The van der Waals surface area contributed by atoms with E-state index in [1.165, 1.54) is 6.07 Å². The number of sulfonamides is 1. The molecule has 1 unspecified atom stereocenters. The third-order valence-corrected chi connectivity index (χ3v) is 4.89. The van der Waals surface area contributed by atoms with Gasteiger partial charge in [-0.1, -0.05) is 6.07 Å². The van der Waals surface area contributed by atoms with Gasteiger partial charge in [-0.05, 0) is 37.5 Å². The van der Waals surface area contributed by atoms with E-state index in [-0.39, 0.29) is 30.1 Å². The molecule has 2 rings (SSSR count). The number of amides is 2. The monoisotopic (exact) mass is 418 g/mol. The van der Waals surface area contributed by atoms with E-state index in [0.717, 1.165) is 24.7 Å². The van der Waals surface area contributed by atoms with Gasteiger partial charge in [-0.2, -0.15) is 0 Å². The summed E-state index contributed by atoms with van der Waals surface area (Å²) in [4.78, 5) is 26.6. The number of hydrogen-bond acceptors (Lipinski definition) is 5. The number of halogens is 1. The maximum atomic E-state index is 12.8. The molecule has 1 heterocycles. The van der Waals surface area contributed by atoms with Crippen LogP contribution in [0.4, 0.5) is 5.69 Å². The van der Waals surface area contributed by atoms with Crippen LogP contribution >= 0.6 is 12.4 Å². The van der Waals surface area contributed by atoms with E-state index in [1.807, 2.05) is 0 Å². The smallest absolute Gasteiger partial charge is 0.253 e. The summed E-state index contributed by atoms with van der Waals surface area (Å²) in [5, 5.41) is 2.77.